The number of nitrogens with one attached hydrogen (secondary N) is 1. The molecular weight excluding hydrogens is 481 g/mol. The number of hydrogen-bond donors (Lipinski definition) is 1. The molecule has 1 aliphatic heterocycles. The number of esters is 1. The Hall–Kier alpha value is -3.09. The monoisotopic (exact) mass is 499 g/mol. The van der Waals surface area contributed by atoms with Gasteiger partial charge in [-0.25, -0.2) is 12.8 Å². The molecule has 0 saturated carbocycles. The molecule has 33 heavy (non-hydrogen) atoms. The fraction of sp³-hybridized carbons (Fsp3) is 0.300. The molecule has 2 aromatic rings. The molecule has 1 heterocycles. The predicted molar refractivity (Wildman–Crippen MR) is 116 cm³/mol. The van der Waals surface area contributed by atoms with E-state index in [0.717, 1.165) is 28.6 Å². The van der Waals surface area contributed by atoms with Crippen molar-refractivity contribution in [1.82, 2.24) is 4.31 Å². The SMILES string of the molecule is O=C(COC(=O)C1CCN(S(=O)(=O)c2cc([N+](=O)[O-])ccc2Cl)CC1)Nc1cccc(F)c1. The van der Waals surface area contributed by atoms with Crippen LogP contribution in [0.2, 0.25) is 5.02 Å². The summed E-state index contributed by atoms with van der Waals surface area (Å²) in [4.78, 5) is 34.1. The van der Waals surface area contributed by atoms with E-state index in [9.17, 15) is 32.5 Å². The Morgan fingerprint density at radius 3 is 2.55 bits per heavy atom. The minimum absolute atomic E-state index is 0.0311. The molecule has 0 spiro atoms. The van der Waals surface area contributed by atoms with E-state index in [4.69, 9.17) is 16.3 Å². The van der Waals surface area contributed by atoms with Gasteiger partial charge >= 0.3 is 5.97 Å². The largest absolute Gasteiger partial charge is 0.455 e. The first kappa shape index (κ1) is 24.6. The zero-order valence-electron chi connectivity index (χ0n) is 17.1. The summed E-state index contributed by atoms with van der Waals surface area (Å²) in [6.07, 6.45) is 0.270. The van der Waals surface area contributed by atoms with Crippen LogP contribution in [0.15, 0.2) is 47.4 Å². The Labute approximate surface area is 193 Å². The summed E-state index contributed by atoms with van der Waals surface area (Å²) in [6, 6.07) is 8.37. The number of ether oxygens (including phenoxy) is 1. The second kappa shape index (κ2) is 10.2. The predicted octanol–water partition coefficient (Wildman–Crippen LogP) is 2.97. The third-order valence-corrected chi connectivity index (χ3v) is 7.36. The molecule has 10 nitrogen and oxygen atoms in total. The first-order chi connectivity index (χ1) is 15.6. The fourth-order valence-electron chi connectivity index (χ4n) is 3.29. The van der Waals surface area contributed by atoms with Gasteiger partial charge in [-0.15, -0.1) is 0 Å². The number of benzene rings is 2. The first-order valence-corrected chi connectivity index (χ1v) is 11.6. The molecule has 0 unspecified atom stereocenters. The number of non-ortho nitro benzene ring substituents is 1. The number of amides is 1. The van der Waals surface area contributed by atoms with Crippen molar-refractivity contribution in [3.8, 4) is 0 Å². The smallest absolute Gasteiger partial charge is 0.309 e. The van der Waals surface area contributed by atoms with Crippen molar-refractivity contribution >= 4 is 44.9 Å². The topological polar surface area (TPSA) is 136 Å². The lowest BCUT2D eigenvalue weighted by Gasteiger charge is -2.30. The molecular formula is C20H19ClFN3O7S. The van der Waals surface area contributed by atoms with Gasteiger partial charge in [0.1, 0.15) is 10.7 Å². The molecule has 1 fully saturated rings. The maximum Gasteiger partial charge on any atom is 0.309 e. The van der Waals surface area contributed by atoms with E-state index in [0.29, 0.717) is 0 Å². The normalized spacial score (nSPS) is 15.1. The summed E-state index contributed by atoms with van der Waals surface area (Å²) in [5.74, 6) is -2.46. The first-order valence-electron chi connectivity index (χ1n) is 9.74. The number of carbonyl (C=O) groups is 2. The van der Waals surface area contributed by atoms with Crippen molar-refractivity contribution < 1.29 is 32.1 Å². The van der Waals surface area contributed by atoms with E-state index in [1.807, 2.05) is 0 Å². The van der Waals surface area contributed by atoms with E-state index in [1.165, 1.54) is 18.2 Å². The van der Waals surface area contributed by atoms with Gasteiger partial charge < -0.3 is 10.1 Å². The summed E-state index contributed by atoms with van der Waals surface area (Å²) in [7, 11) is -4.11. The summed E-state index contributed by atoms with van der Waals surface area (Å²) in [5, 5.41) is 13.2. The molecule has 1 amide bonds. The highest BCUT2D eigenvalue weighted by Gasteiger charge is 2.34. The molecule has 176 valence electrons. The Morgan fingerprint density at radius 1 is 1.21 bits per heavy atom. The van der Waals surface area contributed by atoms with Gasteiger partial charge in [-0.1, -0.05) is 17.7 Å². The van der Waals surface area contributed by atoms with Gasteiger partial charge in [0.15, 0.2) is 6.61 Å². The van der Waals surface area contributed by atoms with Gasteiger partial charge in [-0.3, -0.25) is 19.7 Å². The zero-order valence-corrected chi connectivity index (χ0v) is 18.6. The lowest BCUT2D eigenvalue weighted by molar-refractivity contribution is -0.385. The number of nitro groups is 1. The minimum Gasteiger partial charge on any atom is -0.455 e. The number of nitrogens with zero attached hydrogens (tertiary/aromatic N) is 2. The van der Waals surface area contributed by atoms with Gasteiger partial charge in [0.05, 0.1) is 15.9 Å². The van der Waals surface area contributed by atoms with Crippen molar-refractivity contribution in [3.05, 3.63) is 63.4 Å². The number of piperidine rings is 1. The van der Waals surface area contributed by atoms with Crippen molar-refractivity contribution in [1.29, 1.82) is 0 Å². The van der Waals surface area contributed by atoms with Crippen LogP contribution < -0.4 is 5.32 Å². The van der Waals surface area contributed by atoms with Crippen molar-refractivity contribution in [3.63, 3.8) is 0 Å². The summed E-state index contributed by atoms with van der Waals surface area (Å²) in [5.41, 5.74) is -0.192. The van der Waals surface area contributed by atoms with E-state index in [1.54, 1.807) is 0 Å². The molecule has 1 N–H and O–H groups in total. The number of halogens is 2. The van der Waals surface area contributed by atoms with Crippen LogP contribution in [-0.4, -0.2) is 49.2 Å². The molecule has 3 rings (SSSR count). The molecule has 1 saturated heterocycles. The van der Waals surface area contributed by atoms with Crippen LogP contribution in [-0.2, 0) is 24.3 Å². The number of hydrogen-bond acceptors (Lipinski definition) is 7. The lowest BCUT2D eigenvalue weighted by atomic mass is 9.98. The fourth-order valence-corrected chi connectivity index (χ4v) is 5.26. The Morgan fingerprint density at radius 2 is 1.91 bits per heavy atom. The van der Waals surface area contributed by atoms with E-state index in [-0.39, 0.29) is 41.5 Å². The average molecular weight is 500 g/mol. The Kier molecular flexibility index (Phi) is 7.61. The van der Waals surface area contributed by atoms with E-state index >= 15 is 0 Å². The second-order valence-electron chi connectivity index (χ2n) is 7.22. The average Bonchev–Trinajstić information content (AvgIpc) is 2.77. The van der Waals surface area contributed by atoms with Crippen LogP contribution in [0, 0.1) is 21.8 Å². The molecule has 0 aromatic heterocycles. The third kappa shape index (κ3) is 6.03. The van der Waals surface area contributed by atoms with Crippen molar-refractivity contribution in [2.75, 3.05) is 25.0 Å². The molecule has 0 aliphatic carbocycles. The van der Waals surface area contributed by atoms with Crippen molar-refractivity contribution in [2.24, 2.45) is 5.92 Å². The maximum atomic E-state index is 13.2. The van der Waals surface area contributed by atoms with Crippen LogP contribution >= 0.6 is 11.6 Å². The van der Waals surface area contributed by atoms with Gasteiger partial charge in [0, 0.05) is 30.9 Å². The van der Waals surface area contributed by atoms with Gasteiger partial charge in [0.2, 0.25) is 10.0 Å². The minimum atomic E-state index is -4.11. The van der Waals surface area contributed by atoms with Gasteiger partial charge in [-0.05, 0) is 37.1 Å². The number of anilines is 1. The highest BCUT2D eigenvalue weighted by Crippen LogP contribution is 2.31. The number of rotatable bonds is 7. The number of sulfonamides is 1. The van der Waals surface area contributed by atoms with Crippen LogP contribution in [0.3, 0.4) is 0 Å². The highest BCUT2D eigenvalue weighted by atomic mass is 35.5. The number of nitro benzene ring substituents is 1. The quantitative estimate of drug-likeness (QED) is 0.351. The van der Waals surface area contributed by atoms with Crippen LogP contribution in [0.4, 0.5) is 15.8 Å². The summed E-state index contributed by atoms with van der Waals surface area (Å²) < 4.78 is 45.0. The highest BCUT2D eigenvalue weighted by molar-refractivity contribution is 7.89. The van der Waals surface area contributed by atoms with E-state index < -0.39 is 50.9 Å². The van der Waals surface area contributed by atoms with Crippen molar-refractivity contribution in [2.45, 2.75) is 17.7 Å². The third-order valence-electron chi connectivity index (χ3n) is 4.98. The number of carbonyl (C=O) groups excluding carboxylic acids is 2. The second-order valence-corrected chi connectivity index (χ2v) is 9.53. The van der Waals surface area contributed by atoms with Gasteiger partial charge in [-0.2, -0.15) is 4.31 Å². The summed E-state index contributed by atoms with van der Waals surface area (Å²) in [6.45, 7) is -0.635. The zero-order chi connectivity index (χ0) is 24.2. The molecule has 0 bridgehead atoms. The van der Waals surface area contributed by atoms with Crippen LogP contribution in [0.25, 0.3) is 0 Å². The van der Waals surface area contributed by atoms with Gasteiger partial charge in [0.25, 0.3) is 11.6 Å². The van der Waals surface area contributed by atoms with E-state index in [2.05, 4.69) is 5.32 Å². The molecule has 0 atom stereocenters. The lowest BCUT2D eigenvalue weighted by Crippen LogP contribution is -2.41. The molecule has 2 aromatic carbocycles. The Balaban J connectivity index is 1.55. The van der Waals surface area contributed by atoms with Crippen LogP contribution in [0.1, 0.15) is 12.8 Å². The summed E-state index contributed by atoms with van der Waals surface area (Å²) >= 11 is 5.96. The molecule has 1 aliphatic rings. The maximum absolute atomic E-state index is 13.2. The Bertz CT molecular complexity index is 1180. The molecule has 13 heteroatoms. The standard InChI is InChI=1S/C20H19ClFN3O7S/c21-17-5-4-16(25(28)29)11-18(17)33(30,31)24-8-6-13(7-9-24)20(27)32-12-19(26)23-15-3-1-2-14(22)10-15/h1-5,10-11,13H,6-9,12H2,(H,23,26). The molecule has 0 radical (unpaired) electrons. The van der Waals surface area contributed by atoms with Crippen LogP contribution in [0.5, 0.6) is 0 Å².